The number of hydrogen-bond acceptors (Lipinski definition) is 4. The van der Waals surface area contributed by atoms with Crippen LogP contribution in [-0.4, -0.2) is 47.5 Å². The Morgan fingerprint density at radius 1 is 0.933 bits per heavy atom. The van der Waals surface area contributed by atoms with Crippen molar-refractivity contribution >= 4 is 33.8 Å². The normalized spacial score (nSPS) is 18.5. The van der Waals surface area contributed by atoms with Gasteiger partial charge in [0.1, 0.15) is 5.82 Å². The van der Waals surface area contributed by atoms with E-state index in [4.69, 9.17) is 17.2 Å². The first kappa shape index (κ1) is 21.7. The highest BCUT2D eigenvalue weighted by Crippen LogP contribution is 2.26. The first-order valence-electron chi connectivity index (χ1n) is 12.1. The molecule has 162 valence electrons. The molecule has 0 radical (unpaired) electrons. The quantitative estimate of drug-likeness (QED) is 0.501. The van der Waals surface area contributed by atoms with Crippen LogP contribution >= 0.6 is 12.2 Å². The zero-order chi connectivity index (χ0) is 20.8. The van der Waals surface area contributed by atoms with Gasteiger partial charge in [-0.05, 0) is 106 Å². The molecule has 0 saturated carbocycles. The molecule has 4 heteroatoms. The molecule has 1 aromatic heterocycles. The summed E-state index contributed by atoms with van der Waals surface area (Å²) in [4.78, 5) is 11.3. The zero-order valence-electron chi connectivity index (χ0n) is 18.7. The molecule has 2 aliphatic heterocycles. The molecule has 4 rings (SSSR count). The van der Waals surface area contributed by atoms with Crippen molar-refractivity contribution in [3.05, 3.63) is 35.4 Å². The van der Waals surface area contributed by atoms with Gasteiger partial charge in [-0.3, -0.25) is 0 Å². The molecule has 1 aromatic carbocycles. The third-order valence-corrected chi connectivity index (χ3v) is 7.12. The molecule has 0 unspecified atom stereocenters. The van der Waals surface area contributed by atoms with Gasteiger partial charge in [0.05, 0.1) is 5.52 Å². The smallest absolute Gasteiger partial charge is 0.129 e. The van der Waals surface area contributed by atoms with Crippen molar-refractivity contribution in [3.63, 3.8) is 0 Å². The maximum absolute atomic E-state index is 5.75. The SMILES string of the molecule is Cc1cc(N2CCCCC2)nc2ccc(CC(=S)CCCN3CCCCCC3)cc12. The molecular weight excluding hydrogens is 386 g/mol. The molecule has 2 fully saturated rings. The fourth-order valence-electron chi connectivity index (χ4n) is 4.99. The van der Waals surface area contributed by atoms with Gasteiger partial charge in [-0.15, -0.1) is 0 Å². The minimum absolute atomic E-state index is 0.915. The number of rotatable bonds is 7. The number of piperidine rings is 1. The van der Waals surface area contributed by atoms with E-state index in [0.29, 0.717) is 0 Å². The average Bonchev–Trinajstić information content (AvgIpc) is 3.03. The van der Waals surface area contributed by atoms with E-state index < -0.39 is 0 Å². The molecule has 0 spiro atoms. The monoisotopic (exact) mass is 423 g/mol. The molecule has 0 atom stereocenters. The molecule has 0 bridgehead atoms. The Hall–Kier alpha value is -1.52. The van der Waals surface area contributed by atoms with Crippen LogP contribution in [0.4, 0.5) is 5.82 Å². The number of pyridine rings is 1. The molecule has 2 aliphatic rings. The predicted molar refractivity (Wildman–Crippen MR) is 133 cm³/mol. The predicted octanol–water partition coefficient (Wildman–Crippen LogP) is 6.10. The van der Waals surface area contributed by atoms with Crippen molar-refractivity contribution < 1.29 is 0 Å². The van der Waals surface area contributed by atoms with Crippen LogP contribution in [0.1, 0.15) is 68.9 Å². The number of likely N-dealkylation sites (tertiary alicyclic amines) is 1. The summed E-state index contributed by atoms with van der Waals surface area (Å²) >= 11 is 5.75. The van der Waals surface area contributed by atoms with Crippen LogP contribution < -0.4 is 4.90 Å². The summed E-state index contributed by atoms with van der Waals surface area (Å²) in [6.07, 6.45) is 12.7. The summed E-state index contributed by atoms with van der Waals surface area (Å²) in [5.41, 5.74) is 3.78. The second kappa shape index (κ2) is 10.7. The van der Waals surface area contributed by atoms with Crippen molar-refractivity contribution in [2.24, 2.45) is 0 Å². The molecule has 30 heavy (non-hydrogen) atoms. The third kappa shape index (κ3) is 5.79. The van der Waals surface area contributed by atoms with Crippen LogP contribution in [0.15, 0.2) is 24.3 Å². The number of benzene rings is 1. The summed E-state index contributed by atoms with van der Waals surface area (Å²) in [5.74, 6) is 1.15. The van der Waals surface area contributed by atoms with Crippen molar-refractivity contribution in [2.75, 3.05) is 37.6 Å². The fraction of sp³-hybridized carbons (Fsp3) is 0.615. The highest BCUT2D eigenvalue weighted by atomic mass is 32.1. The second-order valence-corrected chi connectivity index (χ2v) is 9.85. The number of aryl methyl sites for hydroxylation is 1. The number of hydrogen-bond donors (Lipinski definition) is 0. The first-order chi connectivity index (χ1) is 14.7. The molecule has 2 aromatic rings. The van der Waals surface area contributed by atoms with E-state index in [1.807, 2.05) is 0 Å². The molecule has 0 N–H and O–H groups in total. The highest BCUT2D eigenvalue weighted by molar-refractivity contribution is 7.80. The molecule has 3 heterocycles. The van der Waals surface area contributed by atoms with Crippen molar-refractivity contribution in [2.45, 2.75) is 71.1 Å². The molecule has 3 nitrogen and oxygen atoms in total. The van der Waals surface area contributed by atoms with Crippen LogP contribution in [0.3, 0.4) is 0 Å². The number of aromatic nitrogens is 1. The Morgan fingerprint density at radius 2 is 1.63 bits per heavy atom. The van der Waals surface area contributed by atoms with E-state index in [-0.39, 0.29) is 0 Å². The number of nitrogens with zero attached hydrogens (tertiary/aromatic N) is 3. The Balaban J connectivity index is 1.34. The van der Waals surface area contributed by atoms with Crippen LogP contribution in [0.25, 0.3) is 10.9 Å². The van der Waals surface area contributed by atoms with Gasteiger partial charge in [0.15, 0.2) is 0 Å². The number of fused-ring (bicyclic) bond motifs is 1. The van der Waals surface area contributed by atoms with Crippen LogP contribution in [0.2, 0.25) is 0 Å². The fourth-order valence-corrected chi connectivity index (χ4v) is 5.31. The van der Waals surface area contributed by atoms with Crippen molar-refractivity contribution in [3.8, 4) is 0 Å². The van der Waals surface area contributed by atoms with Gasteiger partial charge in [-0.25, -0.2) is 4.98 Å². The Morgan fingerprint density at radius 3 is 2.40 bits per heavy atom. The molecule has 0 aliphatic carbocycles. The largest absolute Gasteiger partial charge is 0.357 e. The van der Waals surface area contributed by atoms with Crippen LogP contribution in [0, 0.1) is 6.92 Å². The van der Waals surface area contributed by atoms with Gasteiger partial charge in [0, 0.05) is 24.9 Å². The molecule has 2 saturated heterocycles. The van der Waals surface area contributed by atoms with Gasteiger partial charge in [-0.1, -0.05) is 31.1 Å². The average molecular weight is 424 g/mol. The summed E-state index contributed by atoms with van der Waals surface area (Å²) in [7, 11) is 0. The Bertz CT molecular complexity index is 849. The van der Waals surface area contributed by atoms with Gasteiger partial charge >= 0.3 is 0 Å². The van der Waals surface area contributed by atoms with Crippen molar-refractivity contribution in [1.82, 2.24) is 9.88 Å². The first-order valence-corrected chi connectivity index (χ1v) is 12.5. The van der Waals surface area contributed by atoms with E-state index in [1.165, 1.54) is 92.4 Å². The van der Waals surface area contributed by atoms with E-state index in [9.17, 15) is 0 Å². The lowest BCUT2D eigenvalue weighted by Gasteiger charge is -2.28. The van der Waals surface area contributed by atoms with Gasteiger partial charge in [-0.2, -0.15) is 0 Å². The summed E-state index contributed by atoms with van der Waals surface area (Å²) < 4.78 is 0. The van der Waals surface area contributed by atoms with Gasteiger partial charge < -0.3 is 9.80 Å². The lowest BCUT2D eigenvalue weighted by atomic mass is 10.0. The third-order valence-electron chi connectivity index (χ3n) is 6.78. The van der Waals surface area contributed by atoms with E-state index in [1.54, 1.807) is 0 Å². The van der Waals surface area contributed by atoms with Crippen molar-refractivity contribution in [1.29, 1.82) is 0 Å². The minimum atomic E-state index is 0.915. The summed E-state index contributed by atoms with van der Waals surface area (Å²) in [5, 5.41) is 1.28. The molecule has 0 amide bonds. The summed E-state index contributed by atoms with van der Waals surface area (Å²) in [6.45, 7) is 8.27. The van der Waals surface area contributed by atoms with E-state index in [2.05, 4.69) is 41.0 Å². The van der Waals surface area contributed by atoms with Gasteiger partial charge in [0.25, 0.3) is 0 Å². The lowest BCUT2D eigenvalue weighted by Crippen LogP contribution is -2.30. The van der Waals surface area contributed by atoms with Crippen LogP contribution in [0.5, 0.6) is 0 Å². The molecular formula is C26H37N3S. The number of anilines is 1. The standard InChI is InChI=1S/C26H37N3S/c1-21-18-26(29-16-7-4-8-17-29)27-25-12-11-22(20-24(21)25)19-23(30)10-9-15-28-13-5-2-3-6-14-28/h11-12,18,20H,2-10,13-17,19H2,1H3. The maximum Gasteiger partial charge on any atom is 0.129 e. The topological polar surface area (TPSA) is 19.4 Å². The van der Waals surface area contributed by atoms with Gasteiger partial charge in [0.2, 0.25) is 0 Å². The van der Waals surface area contributed by atoms with E-state index in [0.717, 1.165) is 37.3 Å². The minimum Gasteiger partial charge on any atom is -0.357 e. The Kier molecular flexibility index (Phi) is 7.72. The highest BCUT2D eigenvalue weighted by Gasteiger charge is 2.14. The zero-order valence-corrected chi connectivity index (χ0v) is 19.5. The van der Waals surface area contributed by atoms with E-state index >= 15 is 0 Å². The Labute approximate surface area is 187 Å². The number of thiocarbonyl (C=S) groups is 1. The second-order valence-electron chi connectivity index (χ2n) is 9.27. The summed E-state index contributed by atoms with van der Waals surface area (Å²) in [6, 6.07) is 9.02. The van der Waals surface area contributed by atoms with Crippen LogP contribution in [-0.2, 0) is 6.42 Å². The maximum atomic E-state index is 5.75. The lowest BCUT2D eigenvalue weighted by molar-refractivity contribution is 0.283.